The Morgan fingerprint density at radius 3 is 2.73 bits per heavy atom. The molecule has 0 spiro atoms. The van der Waals surface area contributed by atoms with E-state index in [0.717, 1.165) is 6.29 Å². The van der Waals surface area contributed by atoms with E-state index >= 15 is 0 Å². The lowest BCUT2D eigenvalue weighted by Gasteiger charge is -2.02. The summed E-state index contributed by atoms with van der Waals surface area (Å²) in [6.07, 6.45) is 2.06. The first-order valence-electron chi connectivity index (χ1n) is 3.76. The molecule has 2 amide bonds. The topological polar surface area (TPSA) is 58.2 Å². The average molecular weight is 158 g/mol. The monoisotopic (exact) mass is 158 g/mol. The number of carbonyl (C=O) groups excluding carboxylic acids is 2. The summed E-state index contributed by atoms with van der Waals surface area (Å²) < 4.78 is 0. The predicted octanol–water partition coefficient (Wildman–Crippen LogP) is 0.285. The van der Waals surface area contributed by atoms with Crippen LogP contribution in [0.3, 0.4) is 0 Å². The number of amides is 2. The van der Waals surface area contributed by atoms with E-state index in [1.807, 2.05) is 6.92 Å². The zero-order valence-corrected chi connectivity index (χ0v) is 6.72. The first kappa shape index (κ1) is 9.94. The summed E-state index contributed by atoms with van der Waals surface area (Å²) in [4.78, 5) is 20.5. The lowest BCUT2D eigenvalue weighted by Crippen LogP contribution is -2.35. The Hall–Kier alpha value is -1.06. The van der Waals surface area contributed by atoms with Gasteiger partial charge in [-0.3, -0.25) is 0 Å². The second kappa shape index (κ2) is 7.05. The minimum atomic E-state index is -0.168. The van der Waals surface area contributed by atoms with Crippen molar-refractivity contribution in [3.63, 3.8) is 0 Å². The third-order valence-electron chi connectivity index (χ3n) is 1.12. The summed E-state index contributed by atoms with van der Waals surface area (Å²) in [5.41, 5.74) is 0. The van der Waals surface area contributed by atoms with E-state index in [1.54, 1.807) is 0 Å². The molecule has 0 saturated heterocycles. The smallest absolute Gasteiger partial charge is 0.314 e. The zero-order valence-electron chi connectivity index (χ0n) is 6.72. The molecule has 4 heteroatoms. The van der Waals surface area contributed by atoms with Crippen molar-refractivity contribution in [1.29, 1.82) is 0 Å². The molecule has 4 nitrogen and oxygen atoms in total. The van der Waals surface area contributed by atoms with E-state index in [-0.39, 0.29) is 6.03 Å². The maximum atomic E-state index is 10.7. The van der Waals surface area contributed by atoms with Crippen molar-refractivity contribution < 1.29 is 9.59 Å². The Morgan fingerprint density at radius 1 is 1.45 bits per heavy atom. The molecule has 11 heavy (non-hydrogen) atoms. The van der Waals surface area contributed by atoms with E-state index in [1.165, 1.54) is 0 Å². The van der Waals surface area contributed by atoms with Crippen LogP contribution in [0.5, 0.6) is 0 Å². The van der Waals surface area contributed by atoms with Gasteiger partial charge < -0.3 is 15.4 Å². The van der Waals surface area contributed by atoms with Crippen molar-refractivity contribution in [3.8, 4) is 0 Å². The van der Waals surface area contributed by atoms with Crippen LogP contribution < -0.4 is 10.6 Å². The Labute approximate surface area is 66.4 Å². The number of hydrogen-bond donors (Lipinski definition) is 2. The van der Waals surface area contributed by atoms with Crippen molar-refractivity contribution in [3.05, 3.63) is 0 Å². The number of urea groups is 1. The first-order valence-corrected chi connectivity index (χ1v) is 3.76. The lowest BCUT2D eigenvalue weighted by molar-refractivity contribution is -0.107. The Morgan fingerprint density at radius 2 is 2.18 bits per heavy atom. The maximum absolute atomic E-state index is 10.7. The lowest BCUT2D eigenvalue weighted by atomic mass is 10.3. The van der Waals surface area contributed by atoms with E-state index in [9.17, 15) is 9.59 Å². The van der Waals surface area contributed by atoms with E-state index in [4.69, 9.17) is 0 Å². The molecule has 0 aromatic heterocycles. The normalized spacial score (nSPS) is 8.82. The number of unbranched alkanes of at least 4 members (excludes halogenated alkanes) is 1. The Balaban J connectivity index is 3.10. The SMILES string of the molecule is CCNC(=O)NCCCC=O. The summed E-state index contributed by atoms with van der Waals surface area (Å²) in [6, 6.07) is -0.168. The van der Waals surface area contributed by atoms with Gasteiger partial charge in [0.2, 0.25) is 0 Å². The molecule has 0 aliphatic heterocycles. The summed E-state index contributed by atoms with van der Waals surface area (Å²) in [5, 5.41) is 5.19. The molecule has 0 aromatic rings. The first-order chi connectivity index (χ1) is 5.31. The fourth-order valence-corrected chi connectivity index (χ4v) is 0.610. The molecule has 0 fully saturated rings. The standard InChI is InChI=1S/C7H14N2O2/c1-2-8-7(11)9-5-3-4-6-10/h6H,2-5H2,1H3,(H2,8,9,11). The van der Waals surface area contributed by atoms with Gasteiger partial charge in [-0.1, -0.05) is 0 Å². The zero-order chi connectivity index (χ0) is 8.53. The number of rotatable bonds is 5. The highest BCUT2D eigenvalue weighted by molar-refractivity contribution is 5.73. The van der Waals surface area contributed by atoms with Gasteiger partial charge in [0.25, 0.3) is 0 Å². The molecule has 64 valence electrons. The second-order valence-electron chi connectivity index (χ2n) is 2.10. The maximum Gasteiger partial charge on any atom is 0.314 e. The molecule has 0 unspecified atom stereocenters. The molecular weight excluding hydrogens is 144 g/mol. The van der Waals surface area contributed by atoms with Gasteiger partial charge in [-0.15, -0.1) is 0 Å². The van der Waals surface area contributed by atoms with Gasteiger partial charge in [0, 0.05) is 19.5 Å². The van der Waals surface area contributed by atoms with Crippen LogP contribution in [0.15, 0.2) is 0 Å². The molecule has 0 rings (SSSR count). The summed E-state index contributed by atoms with van der Waals surface area (Å²) in [5.74, 6) is 0. The van der Waals surface area contributed by atoms with Gasteiger partial charge >= 0.3 is 6.03 Å². The van der Waals surface area contributed by atoms with Crippen LogP contribution in [0.1, 0.15) is 19.8 Å². The van der Waals surface area contributed by atoms with Crippen LogP contribution in [0.25, 0.3) is 0 Å². The number of aldehydes is 1. The summed E-state index contributed by atoms with van der Waals surface area (Å²) in [7, 11) is 0. The van der Waals surface area contributed by atoms with Crippen molar-refractivity contribution in [2.24, 2.45) is 0 Å². The van der Waals surface area contributed by atoms with Crippen molar-refractivity contribution in [2.75, 3.05) is 13.1 Å². The summed E-state index contributed by atoms with van der Waals surface area (Å²) in [6.45, 7) is 3.04. The molecule has 0 aliphatic rings. The van der Waals surface area contributed by atoms with Gasteiger partial charge in [-0.25, -0.2) is 4.79 Å². The highest BCUT2D eigenvalue weighted by Crippen LogP contribution is 1.79. The third-order valence-corrected chi connectivity index (χ3v) is 1.12. The fourth-order valence-electron chi connectivity index (χ4n) is 0.610. The number of nitrogens with one attached hydrogen (secondary N) is 2. The fraction of sp³-hybridized carbons (Fsp3) is 0.714. The summed E-state index contributed by atoms with van der Waals surface area (Å²) >= 11 is 0. The van der Waals surface area contributed by atoms with Crippen LogP contribution in [0.2, 0.25) is 0 Å². The molecule has 0 heterocycles. The molecule has 0 saturated carbocycles. The molecule has 0 aromatic carbocycles. The minimum absolute atomic E-state index is 0.168. The van der Waals surface area contributed by atoms with Crippen LogP contribution in [-0.2, 0) is 4.79 Å². The van der Waals surface area contributed by atoms with Crippen LogP contribution in [0, 0.1) is 0 Å². The van der Waals surface area contributed by atoms with Gasteiger partial charge in [0.05, 0.1) is 0 Å². The van der Waals surface area contributed by atoms with Crippen LogP contribution >= 0.6 is 0 Å². The minimum Gasteiger partial charge on any atom is -0.338 e. The van der Waals surface area contributed by atoms with Gasteiger partial charge in [0.15, 0.2) is 0 Å². The van der Waals surface area contributed by atoms with Crippen LogP contribution in [0.4, 0.5) is 4.79 Å². The highest BCUT2D eigenvalue weighted by Gasteiger charge is 1.94. The van der Waals surface area contributed by atoms with Crippen molar-refractivity contribution in [2.45, 2.75) is 19.8 Å². The molecule has 2 N–H and O–H groups in total. The quantitative estimate of drug-likeness (QED) is 0.446. The largest absolute Gasteiger partial charge is 0.338 e. The Kier molecular flexibility index (Phi) is 6.37. The average Bonchev–Trinajstić information content (AvgIpc) is 1.99. The molecular formula is C7H14N2O2. The Bertz CT molecular complexity index is 126. The third kappa shape index (κ3) is 6.83. The number of hydrogen-bond acceptors (Lipinski definition) is 2. The van der Waals surface area contributed by atoms with Gasteiger partial charge in [-0.2, -0.15) is 0 Å². The molecule has 0 aliphatic carbocycles. The van der Waals surface area contributed by atoms with Crippen molar-refractivity contribution in [1.82, 2.24) is 10.6 Å². The second-order valence-corrected chi connectivity index (χ2v) is 2.10. The predicted molar refractivity (Wildman–Crippen MR) is 42.4 cm³/mol. The van der Waals surface area contributed by atoms with Gasteiger partial charge in [-0.05, 0) is 13.3 Å². The van der Waals surface area contributed by atoms with E-state index < -0.39 is 0 Å². The van der Waals surface area contributed by atoms with Gasteiger partial charge in [0.1, 0.15) is 6.29 Å². The molecule has 0 atom stereocenters. The molecule has 0 bridgehead atoms. The van der Waals surface area contributed by atoms with Crippen molar-refractivity contribution >= 4 is 12.3 Å². The van der Waals surface area contributed by atoms with E-state index in [0.29, 0.717) is 25.9 Å². The van der Waals surface area contributed by atoms with E-state index in [2.05, 4.69) is 10.6 Å². The molecule has 0 radical (unpaired) electrons. The van der Waals surface area contributed by atoms with Crippen LogP contribution in [-0.4, -0.2) is 25.4 Å². The highest BCUT2D eigenvalue weighted by atomic mass is 16.2. The number of carbonyl (C=O) groups is 2.